The Labute approximate surface area is 155 Å². The zero-order valence-corrected chi connectivity index (χ0v) is 17.0. The van der Waals surface area contributed by atoms with Crippen LogP contribution in [0.3, 0.4) is 0 Å². The molecule has 0 aromatic heterocycles. The normalized spacial score (nSPS) is 23.2. The fraction of sp³-hybridized carbons (Fsp3) is 0.727. The van der Waals surface area contributed by atoms with Crippen LogP contribution in [0.15, 0.2) is 18.2 Å². The molecule has 1 aromatic carbocycles. The molecule has 3 rings (SSSR count). The summed E-state index contributed by atoms with van der Waals surface area (Å²) in [5.41, 5.74) is 4.60. The van der Waals surface area contributed by atoms with E-state index in [1.807, 2.05) is 0 Å². The van der Waals surface area contributed by atoms with E-state index in [0.29, 0.717) is 5.92 Å². The van der Waals surface area contributed by atoms with Crippen molar-refractivity contribution in [1.29, 1.82) is 0 Å². The minimum atomic E-state index is 0.610. The monoisotopic (exact) mass is 343 g/mol. The van der Waals surface area contributed by atoms with Gasteiger partial charge in [0.15, 0.2) is 0 Å². The van der Waals surface area contributed by atoms with E-state index in [2.05, 4.69) is 67.9 Å². The maximum atomic E-state index is 2.65. The van der Waals surface area contributed by atoms with Gasteiger partial charge in [-0.1, -0.05) is 26.0 Å². The quantitative estimate of drug-likeness (QED) is 0.804. The SMILES string of the molecule is CC(C)c1ccc(N2CCC(N(C)C)CC2)c(CC2CCN(C)C2)c1. The minimum absolute atomic E-state index is 0.610. The molecule has 2 fully saturated rings. The third kappa shape index (κ3) is 4.57. The van der Waals surface area contributed by atoms with Crippen molar-refractivity contribution in [2.75, 3.05) is 52.2 Å². The van der Waals surface area contributed by atoms with Gasteiger partial charge in [0.1, 0.15) is 0 Å². The van der Waals surface area contributed by atoms with Gasteiger partial charge in [0, 0.05) is 31.4 Å². The Morgan fingerprint density at radius 2 is 1.80 bits per heavy atom. The number of benzene rings is 1. The van der Waals surface area contributed by atoms with Crippen molar-refractivity contribution < 1.29 is 0 Å². The van der Waals surface area contributed by atoms with Crippen molar-refractivity contribution in [3.8, 4) is 0 Å². The van der Waals surface area contributed by atoms with Crippen molar-refractivity contribution in [2.45, 2.75) is 51.5 Å². The van der Waals surface area contributed by atoms with E-state index in [1.165, 1.54) is 63.1 Å². The molecule has 0 amide bonds. The Hall–Kier alpha value is -1.06. The maximum absolute atomic E-state index is 2.65. The smallest absolute Gasteiger partial charge is 0.0399 e. The Balaban J connectivity index is 1.78. The van der Waals surface area contributed by atoms with Gasteiger partial charge in [-0.3, -0.25) is 0 Å². The number of rotatable bonds is 5. The molecule has 2 aliphatic heterocycles. The Morgan fingerprint density at radius 1 is 1.08 bits per heavy atom. The summed E-state index contributed by atoms with van der Waals surface area (Å²) in [6.45, 7) is 9.53. The van der Waals surface area contributed by atoms with Crippen LogP contribution >= 0.6 is 0 Å². The molecular weight excluding hydrogens is 306 g/mol. The Morgan fingerprint density at radius 3 is 2.36 bits per heavy atom. The summed E-state index contributed by atoms with van der Waals surface area (Å²) in [7, 11) is 6.71. The molecule has 25 heavy (non-hydrogen) atoms. The second-order valence-electron chi connectivity index (χ2n) is 8.85. The van der Waals surface area contributed by atoms with Crippen molar-refractivity contribution in [3.63, 3.8) is 0 Å². The first-order valence-electron chi connectivity index (χ1n) is 10.2. The van der Waals surface area contributed by atoms with Crippen molar-refractivity contribution >= 4 is 5.69 Å². The molecule has 0 aliphatic carbocycles. The minimum Gasteiger partial charge on any atom is -0.371 e. The highest BCUT2D eigenvalue weighted by Crippen LogP contribution is 2.32. The molecule has 2 heterocycles. The molecule has 2 saturated heterocycles. The Bertz CT molecular complexity index is 558. The molecule has 0 radical (unpaired) electrons. The topological polar surface area (TPSA) is 9.72 Å². The number of nitrogens with zero attached hydrogens (tertiary/aromatic N) is 3. The highest BCUT2D eigenvalue weighted by atomic mass is 15.2. The standard InChI is InChI=1S/C22H37N3/c1-17(2)19-6-7-22(25-12-9-21(10-13-25)23(3)4)20(15-19)14-18-8-11-24(5)16-18/h6-7,15,17-18,21H,8-14,16H2,1-5H3. The van der Waals surface area contributed by atoms with Gasteiger partial charge in [-0.25, -0.2) is 0 Å². The first kappa shape index (κ1) is 18.7. The predicted octanol–water partition coefficient (Wildman–Crippen LogP) is 3.83. The van der Waals surface area contributed by atoms with Gasteiger partial charge in [0.05, 0.1) is 0 Å². The maximum Gasteiger partial charge on any atom is 0.0399 e. The lowest BCUT2D eigenvalue weighted by Crippen LogP contribution is -2.42. The largest absolute Gasteiger partial charge is 0.371 e. The predicted molar refractivity (Wildman–Crippen MR) is 109 cm³/mol. The van der Waals surface area contributed by atoms with E-state index in [-0.39, 0.29) is 0 Å². The van der Waals surface area contributed by atoms with E-state index in [1.54, 1.807) is 5.56 Å². The van der Waals surface area contributed by atoms with Gasteiger partial charge in [-0.05, 0) is 82.4 Å². The number of piperidine rings is 1. The zero-order chi connectivity index (χ0) is 18.0. The third-order valence-electron chi connectivity index (χ3n) is 6.30. The molecule has 1 atom stereocenters. The highest BCUT2D eigenvalue weighted by Gasteiger charge is 2.25. The molecule has 0 saturated carbocycles. The fourth-order valence-corrected chi connectivity index (χ4v) is 4.56. The van der Waals surface area contributed by atoms with E-state index in [4.69, 9.17) is 0 Å². The molecule has 1 unspecified atom stereocenters. The summed E-state index contributed by atoms with van der Waals surface area (Å²) in [5, 5.41) is 0. The first-order valence-corrected chi connectivity index (χ1v) is 10.2. The molecule has 0 N–H and O–H groups in total. The second-order valence-corrected chi connectivity index (χ2v) is 8.85. The molecule has 3 nitrogen and oxygen atoms in total. The van der Waals surface area contributed by atoms with Crippen LogP contribution in [0.1, 0.15) is 50.2 Å². The van der Waals surface area contributed by atoms with Crippen LogP contribution in [-0.4, -0.2) is 63.2 Å². The average molecular weight is 344 g/mol. The van der Waals surface area contributed by atoms with Gasteiger partial charge in [0.25, 0.3) is 0 Å². The molecule has 0 spiro atoms. The van der Waals surface area contributed by atoms with Gasteiger partial charge >= 0.3 is 0 Å². The molecule has 0 bridgehead atoms. The Kier molecular flexibility index (Phi) is 6.06. The number of anilines is 1. The van der Waals surface area contributed by atoms with Crippen LogP contribution in [0.4, 0.5) is 5.69 Å². The molecule has 3 heteroatoms. The van der Waals surface area contributed by atoms with Gasteiger partial charge in [-0.2, -0.15) is 0 Å². The highest BCUT2D eigenvalue weighted by molar-refractivity contribution is 5.56. The lowest BCUT2D eigenvalue weighted by atomic mass is 9.92. The van der Waals surface area contributed by atoms with E-state index in [0.717, 1.165) is 12.0 Å². The van der Waals surface area contributed by atoms with Gasteiger partial charge in [-0.15, -0.1) is 0 Å². The summed E-state index contributed by atoms with van der Waals surface area (Å²) in [6.07, 6.45) is 5.16. The number of likely N-dealkylation sites (tertiary alicyclic amines) is 1. The summed E-state index contributed by atoms with van der Waals surface area (Å²) in [4.78, 5) is 7.53. The molecular formula is C22H37N3. The van der Waals surface area contributed by atoms with Crippen LogP contribution in [0.5, 0.6) is 0 Å². The molecule has 1 aromatic rings. The first-order chi connectivity index (χ1) is 11.9. The summed E-state index contributed by atoms with van der Waals surface area (Å²) in [6, 6.07) is 8.04. The number of hydrogen-bond acceptors (Lipinski definition) is 3. The zero-order valence-electron chi connectivity index (χ0n) is 17.0. The number of hydrogen-bond donors (Lipinski definition) is 0. The summed E-state index contributed by atoms with van der Waals surface area (Å²) >= 11 is 0. The fourth-order valence-electron chi connectivity index (χ4n) is 4.56. The van der Waals surface area contributed by atoms with Gasteiger partial charge < -0.3 is 14.7 Å². The average Bonchev–Trinajstić information content (AvgIpc) is 2.99. The lowest BCUT2D eigenvalue weighted by molar-refractivity contribution is 0.249. The van der Waals surface area contributed by atoms with E-state index >= 15 is 0 Å². The van der Waals surface area contributed by atoms with Gasteiger partial charge in [0.2, 0.25) is 0 Å². The third-order valence-corrected chi connectivity index (χ3v) is 6.30. The summed E-state index contributed by atoms with van der Waals surface area (Å²) in [5.74, 6) is 1.43. The van der Waals surface area contributed by atoms with E-state index < -0.39 is 0 Å². The van der Waals surface area contributed by atoms with Crippen molar-refractivity contribution in [3.05, 3.63) is 29.3 Å². The second kappa shape index (κ2) is 8.09. The summed E-state index contributed by atoms with van der Waals surface area (Å²) < 4.78 is 0. The van der Waals surface area contributed by atoms with Crippen LogP contribution in [0.2, 0.25) is 0 Å². The van der Waals surface area contributed by atoms with Crippen LogP contribution < -0.4 is 4.90 Å². The van der Waals surface area contributed by atoms with E-state index in [9.17, 15) is 0 Å². The van der Waals surface area contributed by atoms with Crippen LogP contribution in [0, 0.1) is 5.92 Å². The molecule has 140 valence electrons. The van der Waals surface area contributed by atoms with Crippen LogP contribution in [-0.2, 0) is 6.42 Å². The molecule has 2 aliphatic rings. The van der Waals surface area contributed by atoms with Crippen LogP contribution in [0.25, 0.3) is 0 Å². The van der Waals surface area contributed by atoms with Crippen molar-refractivity contribution in [1.82, 2.24) is 9.80 Å². The lowest BCUT2D eigenvalue weighted by Gasteiger charge is -2.37. The van der Waals surface area contributed by atoms with Crippen molar-refractivity contribution in [2.24, 2.45) is 5.92 Å².